The molecule has 6 heteroatoms. The highest BCUT2D eigenvalue weighted by Crippen LogP contribution is 2.13. The third kappa shape index (κ3) is 59.8. The molecule has 6 nitrogen and oxygen atoms in total. The van der Waals surface area contributed by atoms with E-state index in [9.17, 15) is 14.4 Å². The Bertz CT molecular complexity index is 1710. The first-order valence-corrected chi connectivity index (χ1v) is 30.0. The van der Waals surface area contributed by atoms with Crippen molar-refractivity contribution in [3.8, 4) is 0 Å². The second-order valence-electron chi connectivity index (χ2n) is 19.1. The van der Waals surface area contributed by atoms with Gasteiger partial charge in [0.25, 0.3) is 0 Å². The molecule has 0 amide bonds. The van der Waals surface area contributed by atoms with Crippen LogP contribution in [0, 0.1) is 0 Å². The lowest BCUT2D eigenvalue weighted by atomic mass is 10.1. The van der Waals surface area contributed by atoms with Crippen LogP contribution in [0.15, 0.2) is 158 Å². The summed E-state index contributed by atoms with van der Waals surface area (Å²) in [7, 11) is 0. The molecule has 0 aliphatic rings. The Morgan fingerprint density at radius 1 is 0.280 bits per heavy atom. The SMILES string of the molecule is CC/C=C\C/C=C\C/C=C\C/C=C\C/C=C\C/C=C\C/C=C\CCCC(=O)OCC(COC(=O)CCCCCCC/C=C\C/C=C\C/C=C\CC)OC(=O)CCCCCCCC/C=C\C/C=C\C/C=C\CCCCC. The van der Waals surface area contributed by atoms with Gasteiger partial charge in [-0.05, 0) is 141 Å². The summed E-state index contributed by atoms with van der Waals surface area (Å²) in [6, 6.07) is 0. The lowest BCUT2D eigenvalue weighted by Crippen LogP contribution is -2.30. The van der Waals surface area contributed by atoms with Crippen LogP contribution in [0.25, 0.3) is 0 Å². The van der Waals surface area contributed by atoms with E-state index in [2.05, 4.69) is 179 Å². The zero-order valence-electron chi connectivity index (χ0n) is 48.0. The topological polar surface area (TPSA) is 78.9 Å². The summed E-state index contributed by atoms with van der Waals surface area (Å²) in [5, 5.41) is 0. The molecule has 0 saturated carbocycles. The smallest absolute Gasteiger partial charge is 0.306 e. The Kier molecular flexibility index (Phi) is 57.5. The molecule has 0 aliphatic heterocycles. The van der Waals surface area contributed by atoms with Crippen LogP contribution in [0.3, 0.4) is 0 Å². The standard InChI is InChI=1S/C69H108O6/c1-4-7-10-13-16-19-22-25-28-30-32-33-34-35-37-38-41-44-47-50-53-56-59-62-68(71)74-65-66(64-73-67(70)61-58-55-52-49-46-43-40-27-24-21-18-15-12-9-6-3)75-69(72)63-60-57-54-51-48-45-42-39-36-31-29-26-23-20-17-14-11-8-5-2/h7,9-10,12,16-21,25-29,32-33,35-37,39-41,44,50,53,66H,4-6,8,11,13-15,22-24,30-31,34,38,42-43,45-49,51-52,54-65H2,1-3H3/b10-7-,12-9-,19-16-,20-17-,21-18-,28-25-,29-26-,33-32-,37-35-,39-36-,40-27-,44-41-,53-50-. The fraction of sp³-hybridized carbons (Fsp3) is 0.580. The summed E-state index contributed by atoms with van der Waals surface area (Å²) in [4.78, 5) is 38.2. The van der Waals surface area contributed by atoms with Crippen LogP contribution in [0.1, 0.15) is 239 Å². The minimum atomic E-state index is -0.825. The zero-order valence-corrected chi connectivity index (χ0v) is 48.0. The lowest BCUT2D eigenvalue weighted by Gasteiger charge is -2.18. The third-order valence-electron chi connectivity index (χ3n) is 12.0. The average molecular weight is 1030 g/mol. The number of hydrogen-bond donors (Lipinski definition) is 0. The molecule has 1 atom stereocenters. The molecule has 0 heterocycles. The van der Waals surface area contributed by atoms with Gasteiger partial charge in [0.15, 0.2) is 6.10 Å². The molecular formula is C69H108O6. The number of esters is 3. The number of unbranched alkanes of at least 4 members (excludes halogenated alkanes) is 15. The Hall–Kier alpha value is -4.97. The van der Waals surface area contributed by atoms with Gasteiger partial charge in [0.05, 0.1) is 0 Å². The predicted octanol–water partition coefficient (Wildman–Crippen LogP) is 20.5. The van der Waals surface area contributed by atoms with E-state index in [0.717, 1.165) is 154 Å². The van der Waals surface area contributed by atoms with Gasteiger partial charge in [-0.3, -0.25) is 14.4 Å². The van der Waals surface area contributed by atoms with E-state index in [-0.39, 0.29) is 44.0 Å². The molecule has 75 heavy (non-hydrogen) atoms. The molecule has 0 rings (SSSR count). The second kappa shape index (κ2) is 61.6. The lowest BCUT2D eigenvalue weighted by molar-refractivity contribution is -0.167. The van der Waals surface area contributed by atoms with Gasteiger partial charge in [-0.15, -0.1) is 0 Å². The number of carbonyl (C=O) groups excluding carboxylic acids is 3. The maximum atomic E-state index is 12.9. The molecular weight excluding hydrogens is 925 g/mol. The minimum Gasteiger partial charge on any atom is -0.462 e. The Morgan fingerprint density at radius 2 is 0.533 bits per heavy atom. The van der Waals surface area contributed by atoms with E-state index in [1.54, 1.807) is 0 Å². The largest absolute Gasteiger partial charge is 0.462 e. The normalized spacial score (nSPS) is 13.3. The Labute approximate surface area is 460 Å². The molecule has 0 aromatic heterocycles. The fourth-order valence-corrected chi connectivity index (χ4v) is 7.57. The van der Waals surface area contributed by atoms with Crippen molar-refractivity contribution in [2.45, 2.75) is 245 Å². The van der Waals surface area contributed by atoms with E-state index in [1.165, 1.54) is 38.5 Å². The van der Waals surface area contributed by atoms with Gasteiger partial charge in [0.1, 0.15) is 13.2 Å². The first kappa shape index (κ1) is 70.0. The number of carbonyl (C=O) groups is 3. The van der Waals surface area contributed by atoms with Crippen LogP contribution < -0.4 is 0 Å². The molecule has 0 radical (unpaired) electrons. The summed E-state index contributed by atoms with van der Waals surface area (Å²) >= 11 is 0. The summed E-state index contributed by atoms with van der Waals surface area (Å²) in [6.07, 6.45) is 89.5. The van der Waals surface area contributed by atoms with Crippen molar-refractivity contribution in [3.63, 3.8) is 0 Å². The second-order valence-corrected chi connectivity index (χ2v) is 19.1. The molecule has 0 aliphatic carbocycles. The van der Waals surface area contributed by atoms with E-state index in [1.807, 2.05) is 0 Å². The molecule has 0 saturated heterocycles. The highest BCUT2D eigenvalue weighted by atomic mass is 16.6. The summed E-state index contributed by atoms with van der Waals surface area (Å²) in [6.45, 7) is 6.30. The van der Waals surface area contributed by atoms with Crippen LogP contribution in [-0.4, -0.2) is 37.2 Å². The maximum absolute atomic E-state index is 12.9. The third-order valence-corrected chi connectivity index (χ3v) is 12.0. The highest BCUT2D eigenvalue weighted by molar-refractivity contribution is 5.71. The summed E-state index contributed by atoms with van der Waals surface area (Å²) < 4.78 is 16.8. The van der Waals surface area contributed by atoms with E-state index >= 15 is 0 Å². The van der Waals surface area contributed by atoms with Crippen LogP contribution >= 0.6 is 0 Å². The van der Waals surface area contributed by atoms with Crippen molar-refractivity contribution < 1.29 is 28.6 Å². The van der Waals surface area contributed by atoms with Gasteiger partial charge in [0.2, 0.25) is 0 Å². The van der Waals surface area contributed by atoms with Gasteiger partial charge in [-0.25, -0.2) is 0 Å². The first-order chi connectivity index (χ1) is 37.0. The van der Waals surface area contributed by atoms with Gasteiger partial charge in [-0.2, -0.15) is 0 Å². The van der Waals surface area contributed by atoms with Crippen molar-refractivity contribution in [2.75, 3.05) is 13.2 Å². The van der Waals surface area contributed by atoms with Crippen LogP contribution in [0.2, 0.25) is 0 Å². The quantitative estimate of drug-likeness (QED) is 0.0261. The Morgan fingerprint density at radius 3 is 0.867 bits per heavy atom. The van der Waals surface area contributed by atoms with Gasteiger partial charge >= 0.3 is 17.9 Å². The molecule has 0 spiro atoms. The maximum Gasteiger partial charge on any atom is 0.306 e. The van der Waals surface area contributed by atoms with Crippen molar-refractivity contribution in [1.82, 2.24) is 0 Å². The van der Waals surface area contributed by atoms with E-state index in [4.69, 9.17) is 14.2 Å². The fourth-order valence-electron chi connectivity index (χ4n) is 7.57. The Balaban J connectivity index is 4.56. The van der Waals surface area contributed by atoms with E-state index in [0.29, 0.717) is 12.8 Å². The van der Waals surface area contributed by atoms with Crippen LogP contribution in [0.5, 0.6) is 0 Å². The average Bonchev–Trinajstić information content (AvgIpc) is 3.41. The molecule has 0 N–H and O–H groups in total. The van der Waals surface area contributed by atoms with Crippen molar-refractivity contribution >= 4 is 17.9 Å². The van der Waals surface area contributed by atoms with Crippen molar-refractivity contribution in [3.05, 3.63) is 158 Å². The van der Waals surface area contributed by atoms with Gasteiger partial charge < -0.3 is 14.2 Å². The molecule has 420 valence electrons. The molecule has 0 fully saturated rings. The summed E-state index contributed by atoms with van der Waals surface area (Å²) in [5.41, 5.74) is 0. The van der Waals surface area contributed by atoms with E-state index < -0.39 is 6.10 Å². The van der Waals surface area contributed by atoms with Crippen LogP contribution in [-0.2, 0) is 28.6 Å². The number of allylic oxidation sites excluding steroid dienone is 26. The monoisotopic (exact) mass is 1030 g/mol. The molecule has 0 aromatic carbocycles. The minimum absolute atomic E-state index is 0.118. The summed E-state index contributed by atoms with van der Waals surface area (Å²) in [5.74, 6) is -1.01. The van der Waals surface area contributed by atoms with Gasteiger partial charge in [-0.1, -0.05) is 237 Å². The molecule has 1 unspecified atom stereocenters. The number of hydrogen-bond acceptors (Lipinski definition) is 6. The number of rotatable bonds is 52. The van der Waals surface area contributed by atoms with Crippen molar-refractivity contribution in [2.24, 2.45) is 0 Å². The number of ether oxygens (including phenoxy) is 3. The predicted molar refractivity (Wildman–Crippen MR) is 325 cm³/mol. The highest BCUT2D eigenvalue weighted by Gasteiger charge is 2.19. The molecule has 0 aromatic rings. The van der Waals surface area contributed by atoms with Gasteiger partial charge in [0, 0.05) is 19.3 Å². The zero-order chi connectivity index (χ0) is 54.3. The van der Waals surface area contributed by atoms with Crippen LogP contribution in [0.4, 0.5) is 0 Å². The van der Waals surface area contributed by atoms with Crippen molar-refractivity contribution in [1.29, 1.82) is 0 Å². The first-order valence-electron chi connectivity index (χ1n) is 30.0. The molecule has 0 bridgehead atoms.